The molecule has 3 heteroatoms. The summed E-state index contributed by atoms with van der Waals surface area (Å²) in [6, 6.07) is 0.101. The summed E-state index contributed by atoms with van der Waals surface area (Å²) >= 11 is 0. The summed E-state index contributed by atoms with van der Waals surface area (Å²) in [6.45, 7) is 6.21. The van der Waals surface area contributed by atoms with Crippen LogP contribution in [0.1, 0.15) is 46.0 Å². The first kappa shape index (κ1) is 11.9. The average molecular weight is 224 g/mol. The lowest BCUT2D eigenvalue weighted by Gasteiger charge is -2.19. The van der Waals surface area contributed by atoms with Crippen molar-refractivity contribution in [1.82, 2.24) is 10.2 Å². The second-order valence-electron chi connectivity index (χ2n) is 5.55. The van der Waals surface area contributed by atoms with E-state index in [9.17, 15) is 4.79 Å². The highest BCUT2D eigenvalue weighted by molar-refractivity contribution is 5.83. The fraction of sp³-hybridized carbons (Fsp3) is 0.923. The molecular weight excluding hydrogens is 200 g/mol. The molecule has 92 valence electrons. The van der Waals surface area contributed by atoms with Crippen LogP contribution in [0.2, 0.25) is 0 Å². The molecule has 1 heterocycles. The molecule has 2 aliphatic rings. The van der Waals surface area contributed by atoms with Crippen molar-refractivity contribution in [3.8, 4) is 0 Å². The van der Waals surface area contributed by atoms with Gasteiger partial charge in [0.1, 0.15) is 0 Å². The Morgan fingerprint density at radius 3 is 2.88 bits per heavy atom. The van der Waals surface area contributed by atoms with Gasteiger partial charge in [0.15, 0.2) is 0 Å². The Morgan fingerprint density at radius 2 is 2.25 bits per heavy atom. The van der Waals surface area contributed by atoms with Gasteiger partial charge in [-0.15, -0.1) is 0 Å². The molecule has 3 unspecified atom stereocenters. The van der Waals surface area contributed by atoms with Crippen LogP contribution in [0.25, 0.3) is 0 Å². The van der Waals surface area contributed by atoms with Crippen LogP contribution in [-0.4, -0.2) is 30.1 Å². The number of nitrogens with one attached hydrogen (secondary N) is 1. The fourth-order valence-corrected chi connectivity index (χ4v) is 3.08. The molecule has 1 amide bonds. The molecule has 1 aliphatic carbocycles. The summed E-state index contributed by atoms with van der Waals surface area (Å²) in [5.74, 6) is 1.95. The molecule has 0 radical (unpaired) electrons. The SMILES string of the molecule is CCCC1NCN(CC2CCC(C)C2)C1=O. The maximum Gasteiger partial charge on any atom is 0.240 e. The molecule has 0 aromatic rings. The van der Waals surface area contributed by atoms with Crippen molar-refractivity contribution in [2.24, 2.45) is 11.8 Å². The Morgan fingerprint density at radius 1 is 1.44 bits per heavy atom. The molecule has 3 atom stereocenters. The van der Waals surface area contributed by atoms with Gasteiger partial charge in [0.25, 0.3) is 0 Å². The second-order valence-corrected chi connectivity index (χ2v) is 5.55. The molecule has 1 N–H and O–H groups in total. The topological polar surface area (TPSA) is 32.3 Å². The normalized spacial score (nSPS) is 35.0. The van der Waals surface area contributed by atoms with Crippen molar-refractivity contribution in [2.45, 2.75) is 52.0 Å². The van der Waals surface area contributed by atoms with Crippen molar-refractivity contribution < 1.29 is 4.79 Å². The molecule has 0 spiro atoms. The van der Waals surface area contributed by atoms with Gasteiger partial charge in [0.2, 0.25) is 5.91 Å². The summed E-state index contributed by atoms with van der Waals surface area (Å²) in [6.07, 6.45) is 6.03. The van der Waals surface area contributed by atoms with Crippen molar-refractivity contribution in [3.63, 3.8) is 0 Å². The maximum absolute atomic E-state index is 12.0. The predicted molar refractivity (Wildman–Crippen MR) is 64.9 cm³/mol. The minimum absolute atomic E-state index is 0.101. The standard InChI is InChI=1S/C13H24N2O/c1-3-4-12-13(16)15(9-14-12)8-11-6-5-10(2)7-11/h10-12,14H,3-9H2,1-2H3. The first-order valence-electron chi connectivity index (χ1n) is 6.73. The van der Waals surface area contributed by atoms with E-state index in [2.05, 4.69) is 19.2 Å². The van der Waals surface area contributed by atoms with Gasteiger partial charge in [-0.2, -0.15) is 0 Å². The Hall–Kier alpha value is -0.570. The van der Waals surface area contributed by atoms with Crippen LogP contribution in [0.4, 0.5) is 0 Å². The van der Waals surface area contributed by atoms with Gasteiger partial charge in [-0.05, 0) is 31.1 Å². The quantitative estimate of drug-likeness (QED) is 0.792. The van der Waals surface area contributed by atoms with E-state index >= 15 is 0 Å². The zero-order valence-corrected chi connectivity index (χ0v) is 10.5. The van der Waals surface area contributed by atoms with E-state index < -0.39 is 0 Å². The lowest BCUT2D eigenvalue weighted by molar-refractivity contribution is -0.129. The van der Waals surface area contributed by atoms with Gasteiger partial charge < -0.3 is 4.90 Å². The Kier molecular flexibility index (Phi) is 3.85. The van der Waals surface area contributed by atoms with Gasteiger partial charge >= 0.3 is 0 Å². The molecule has 3 nitrogen and oxygen atoms in total. The summed E-state index contributed by atoms with van der Waals surface area (Å²) in [7, 11) is 0. The zero-order valence-electron chi connectivity index (χ0n) is 10.5. The first-order valence-corrected chi connectivity index (χ1v) is 6.73. The zero-order chi connectivity index (χ0) is 11.5. The molecule has 1 saturated heterocycles. The van der Waals surface area contributed by atoms with Gasteiger partial charge in [0.05, 0.1) is 12.7 Å². The fourth-order valence-electron chi connectivity index (χ4n) is 3.08. The van der Waals surface area contributed by atoms with Gasteiger partial charge in [-0.25, -0.2) is 0 Å². The van der Waals surface area contributed by atoms with Crippen molar-refractivity contribution in [1.29, 1.82) is 0 Å². The highest BCUT2D eigenvalue weighted by Crippen LogP contribution is 2.31. The first-order chi connectivity index (χ1) is 7.70. The summed E-state index contributed by atoms with van der Waals surface area (Å²) in [5, 5.41) is 3.32. The monoisotopic (exact) mass is 224 g/mol. The molecule has 16 heavy (non-hydrogen) atoms. The Balaban J connectivity index is 1.81. The van der Waals surface area contributed by atoms with E-state index in [1.165, 1.54) is 19.3 Å². The highest BCUT2D eigenvalue weighted by atomic mass is 16.2. The van der Waals surface area contributed by atoms with Crippen LogP contribution in [-0.2, 0) is 4.79 Å². The predicted octanol–water partition coefficient (Wildman–Crippen LogP) is 1.98. The lowest BCUT2D eigenvalue weighted by atomic mass is 10.1. The molecule has 0 aromatic carbocycles. The average Bonchev–Trinajstić information content (AvgIpc) is 2.80. The number of carbonyl (C=O) groups excluding carboxylic acids is 1. The van der Waals surface area contributed by atoms with Crippen LogP contribution in [0.15, 0.2) is 0 Å². The molecule has 2 rings (SSSR count). The van der Waals surface area contributed by atoms with E-state index in [-0.39, 0.29) is 6.04 Å². The number of hydrogen-bond acceptors (Lipinski definition) is 2. The molecule has 1 aliphatic heterocycles. The van der Waals surface area contributed by atoms with Crippen LogP contribution in [0.5, 0.6) is 0 Å². The van der Waals surface area contributed by atoms with E-state index in [4.69, 9.17) is 0 Å². The summed E-state index contributed by atoms with van der Waals surface area (Å²) < 4.78 is 0. The molecule has 0 aromatic heterocycles. The van der Waals surface area contributed by atoms with E-state index in [1.54, 1.807) is 0 Å². The minimum Gasteiger partial charge on any atom is -0.328 e. The molecular formula is C13H24N2O. The highest BCUT2D eigenvalue weighted by Gasteiger charge is 2.33. The number of carbonyl (C=O) groups is 1. The van der Waals surface area contributed by atoms with Crippen LogP contribution < -0.4 is 5.32 Å². The van der Waals surface area contributed by atoms with Crippen molar-refractivity contribution in [2.75, 3.05) is 13.2 Å². The van der Waals surface area contributed by atoms with Gasteiger partial charge in [-0.1, -0.05) is 26.7 Å². The van der Waals surface area contributed by atoms with Crippen LogP contribution in [0.3, 0.4) is 0 Å². The minimum atomic E-state index is 0.101. The number of hydrogen-bond donors (Lipinski definition) is 1. The van der Waals surface area contributed by atoms with Gasteiger partial charge in [-0.3, -0.25) is 10.1 Å². The van der Waals surface area contributed by atoms with Crippen molar-refractivity contribution >= 4 is 5.91 Å². The smallest absolute Gasteiger partial charge is 0.240 e. The van der Waals surface area contributed by atoms with E-state index in [1.807, 2.05) is 4.90 Å². The Labute approximate surface area is 98.6 Å². The van der Waals surface area contributed by atoms with E-state index in [0.29, 0.717) is 5.91 Å². The third-order valence-electron chi connectivity index (χ3n) is 4.00. The maximum atomic E-state index is 12.0. The lowest BCUT2D eigenvalue weighted by Crippen LogP contribution is -2.33. The van der Waals surface area contributed by atoms with Crippen LogP contribution >= 0.6 is 0 Å². The summed E-state index contributed by atoms with van der Waals surface area (Å²) in [4.78, 5) is 14.1. The Bertz CT molecular complexity index is 254. The molecule has 2 fully saturated rings. The number of amides is 1. The summed E-state index contributed by atoms with van der Waals surface area (Å²) in [5.41, 5.74) is 0. The van der Waals surface area contributed by atoms with Crippen molar-refractivity contribution in [3.05, 3.63) is 0 Å². The third-order valence-corrected chi connectivity index (χ3v) is 4.00. The van der Waals surface area contributed by atoms with Gasteiger partial charge in [0, 0.05) is 6.54 Å². The number of nitrogens with zero attached hydrogens (tertiary/aromatic N) is 1. The molecule has 0 bridgehead atoms. The third kappa shape index (κ3) is 2.57. The van der Waals surface area contributed by atoms with E-state index in [0.717, 1.165) is 37.9 Å². The number of rotatable bonds is 4. The largest absolute Gasteiger partial charge is 0.328 e. The van der Waals surface area contributed by atoms with Crippen LogP contribution in [0, 0.1) is 11.8 Å². The molecule has 1 saturated carbocycles. The second kappa shape index (κ2) is 5.17.